The van der Waals surface area contributed by atoms with E-state index in [-0.39, 0.29) is 17.0 Å². The minimum Gasteiger partial charge on any atom is -0.360 e. The van der Waals surface area contributed by atoms with Gasteiger partial charge in [0, 0.05) is 11.8 Å². The highest BCUT2D eigenvalue weighted by molar-refractivity contribution is 6.54. The van der Waals surface area contributed by atoms with E-state index in [2.05, 4.69) is 14.9 Å². The quantitative estimate of drug-likeness (QED) is 0.480. The number of amides is 1. The van der Waals surface area contributed by atoms with Gasteiger partial charge in [-0.2, -0.15) is 9.58 Å². The largest absolute Gasteiger partial charge is 0.415 e. The summed E-state index contributed by atoms with van der Waals surface area (Å²) in [6.07, 6.45) is 4.43. The van der Waals surface area contributed by atoms with Gasteiger partial charge in [-0.3, -0.25) is 4.79 Å². The lowest BCUT2D eigenvalue weighted by Gasteiger charge is -2.05. The van der Waals surface area contributed by atoms with E-state index in [9.17, 15) is 4.79 Å². The smallest absolute Gasteiger partial charge is 0.360 e. The summed E-state index contributed by atoms with van der Waals surface area (Å²) in [7, 11) is 0. The Balaban J connectivity index is 2.29. The zero-order valence-electron chi connectivity index (χ0n) is 9.82. The van der Waals surface area contributed by atoms with Crippen LogP contribution in [-0.4, -0.2) is 26.9 Å². The number of benzene rings is 1. The number of nitrogens with zero attached hydrogens (tertiary/aromatic N) is 4. The van der Waals surface area contributed by atoms with Gasteiger partial charge in [0.1, 0.15) is 5.57 Å². The summed E-state index contributed by atoms with van der Waals surface area (Å²) in [6, 6.07) is 8.86. The number of rotatable bonds is 2. The third-order valence-corrected chi connectivity index (χ3v) is 2.50. The predicted molar refractivity (Wildman–Crippen MR) is 69.5 cm³/mol. The van der Waals surface area contributed by atoms with Crippen LogP contribution >= 0.6 is 0 Å². The van der Waals surface area contributed by atoms with Crippen molar-refractivity contribution in [2.24, 2.45) is 0 Å². The molecule has 1 aliphatic carbocycles. The van der Waals surface area contributed by atoms with Gasteiger partial charge in [0.05, 0.1) is 0 Å². The number of para-hydroxylation sites is 1. The van der Waals surface area contributed by atoms with Gasteiger partial charge in [-0.25, -0.2) is 0 Å². The van der Waals surface area contributed by atoms with Crippen LogP contribution < -0.4 is 5.32 Å². The molecule has 6 nitrogen and oxygen atoms in total. The monoisotopic (exact) mass is 251 g/mol. The highest BCUT2D eigenvalue weighted by atomic mass is 16.1. The fourth-order valence-corrected chi connectivity index (χ4v) is 1.62. The molecular weight excluding hydrogens is 242 g/mol. The van der Waals surface area contributed by atoms with Crippen LogP contribution in [0.15, 0.2) is 54.1 Å². The first-order valence-corrected chi connectivity index (χ1v) is 5.46. The second kappa shape index (κ2) is 5.51. The van der Waals surface area contributed by atoms with Crippen LogP contribution in [0.4, 0.5) is 5.69 Å². The van der Waals surface area contributed by atoms with Gasteiger partial charge in [0.2, 0.25) is 0 Å². The first kappa shape index (κ1) is 12.4. The van der Waals surface area contributed by atoms with Crippen LogP contribution in [0.2, 0.25) is 0 Å². The molecule has 1 amide bonds. The molecule has 0 saturated carbocycles. The van der Waals surface area contributed by atoms with Gasteiger partial charge in [-0.15, -0.1) is 0 Å². The van der Waals surface area contributed by atoms with E-state index in [1.165, 1.54) is 18.2 Å². The number of anilines is 1. The van der Waals surface area contributed by atoms with Crippen molar-refractivity contribution in [3.05, 3.63) is 65.2 Å². The summed E-state index contributed by atoms with van der Waals surface area (Å²) in [5, 5.41) is 2.65. The van der Waals surface area contributed by atoms with E-state index >= 15 is 0 Å². The van der Waals surface area contributed by atoms with Crippen molar-refractivity contribution in [2.45, 2.75) is 0 Å². The summed E-state index contributed by atoms with van der Waals surface area (Å²) in [4.78, 5) is 18.0. The maximum Gasteiger partial charge on any atom is 0.415 e. The molecule has 1 aromatic carbocycles. The molecule has 0 atom stereocenters. The van der Waals surface area contributed by atoms with Crippen molar-refractivity contribution in [3.8, 4) is 0 Å². The summed E-state index contributed by atoms with van der Waals surface area (Å²) in [5.41, 5.74) is 18.3. The highest BCUT2D eigenvalue weighted by Crippen LogP contribution is 2.11. The molecule has 92 valence electrons. The lowest BCUT2D eigenvalue weighted by molar-refractivity contribution is -0.112. The van der Waals surface area contributed by atoms with E-state index in [4.69, 9.17) is 11.1 Å². The normalized spacial score (nSPS) is 13.4. The van der Waals surface area contributed by atoms with Crippen LogP contribution in [0.3, 0.4) is 0 Å². The second-order valence-electron chi connectivity index (χ2n) is 3.69. The molecule has 0 saturated heterocycles. The van der Waals surface area contributed by atoms with Gasteiger partial charge in [0.15, 0.2) is 0 Å². The van der Waals surface area contributed by atoms with Gasteiger partial charge in [-0.1, -0.05) is 24.3 Å². The van der Waals surface area contributed by atoms with Gasteiger partial charge in [-0.05, 0) is 18.2 Å². The van der Waals surface area contributed by atoms with Gasteiger partial charge >= 0.3 is 11.4 Å². The number of hydrogen-bond donors (Lipinski definition) is 1. The Bertz CT molecular complexity index is 674. The number of carbonyl (C=O) groups is 1. The fourth-order valence-electron chi connectivity index (χ4n) is 1.62. The molecule has 0 bridgehead atoms. The predicted octanol–water partition coefficient (Wildman–Crippen LogP) is 1.46. The van der Waals surface area contributed by atoms with Crippen LogP contribution in [0.1, 0.15) is 0 Å². The molecule has 1 aromatic rings. The topological polar surface area (TPSA) is 102 Å². The van der Waals surface area contributed by atoms with E-state index in [1.807, 2.05) is 6.07 Å². The summed E-state index contributed by atoms with van der Waals surface area (Å²) >= 11 is 0. The zero-order chi connectivity index (χ0) is 13.7. The Labute approximate surface area is 108 Å². The Morgan fingerprint density at radius 1 is 1.11 bits per heavy atom. The second-order valence-corrected chi connectivity index (χ2v) is 3.69. The molecule has 2 rings (SSSR count). The number of carbonyl (C=O) groups excluding carboxylic acids is 1. The summed E-state index contributed by atoms with van der Waals surface area (Å²) < 4.78 is 0. The van der Waals surface area contributed by atoms with Crippen LogP contribution in [0, 0.1) is 0 Å². The molecule has 6 heteroatoms. The summed E-state index contributed by atoms with van der Waals surface area (Å²) in [5.74, 6) is -0.454. The molecule has 0 unspecified atom stereocenters. The van der Waals surface area contributed by atoms with Crippen molar-refractivity contribution in [2.75, 3.05) is 5.32 Å². The number of nitrogens with one attached hydrogen (secondary N) is 1. The van der Waals surface area contributed by atoms with Crippen molar-refractivity contribution in [3.63, 3.8) is 0 Å². The molecule has 19 heavy (non-hydrogen) atoms. The lowest BCUT2D eigenvalue weighted by Crippen LogP contribution is -2.28. The van der Waals surface area contributed by atoms with Crippen molar-refractivity contribution in [1.29, 1.82) is 0 Å². The SMILES string of the molecule is [N-]=[N+]=C1C=CC=C(C(=O)Nc2ccccc2)C1=[N+]=[N-]. The van der Waals surface area contributed by atoms with Crippen molar-refractivity contribution in [1.82, 2.24) is 0 Å². The Kier molecular flexibility index (Phi) is 3.59. The van der Waals surface area contributed by atoms with E-state index in [0.29, 0.717) is 5.69 Å². The van der Waals surface area contributed by atoms with E-state index < -0.39 is 5.91 Å². The molecular formula is C13H9N5O. The van der Waals surface area contributed by atoms with E-state index in [1.54, 1.807) is 24.3 Å². The molecule has 0 aliphatic heterocycles. The Morgan fingerprint density at radius 3 is 2.47 bits per heavy atom. The highest BCUT2D eigenvalue weighted by Gasteiger charge is 2.34. The summed E-state index contributed by atoms with van der Waals surface area (Å²) in [6.45, 7) is 0. The fraction of sp³-hybridized carbons (Fsp3) is 0. The van der Waals surface area contributed by atoms with Gasteiger partial charge < -0.3 is 16.4 Å². The first-order chi connectivity index (χ1) is 9.26. The van der Waals surface area contributed by atoms with Crippen molar-refractivity contribution < 1.29 is 14.4 Å². The maximum atomic E-state index is 12.1. The van der Waals surface area contributed by atoms with Crippen molar-refractivity contribution >= 4 is 23.0 Å². The number of allylic oxidation sites excluding steroid dienone is 3. The lowest BCUT2D eigenvalue weighted by atomic mass is 10.00. The van der Waals surface area contributed by atoms with E-state index in [0.717, 1.165) is 0 Å². The average Bonchev–Trinajstić information content (AvgIpc) is 2.47. The molecule has 0 fully saturated rings. The van der Waals surface area contributed by atoms with Crippen LogP contribution in [0.5, 0.6) is 0 Å². The molecule has 1 N–H and O–H groups in total. The molecule has 0 spiro atoms. The minimum absolute atomic E-state index is 0.0169. The van der Waals surface area contributed by atoms with Crippen LogP contribution in [-0.2, 0) is 4.79 Å². The molecule has 1 aliphatic rings. The minimum atomic E-state index is -0.454. The molecule has 0 heterocycles. The molecule has 0 aromatic heterocycles. The molecule has 0 radical (unpaired) electrons. The maximum absolute atomic E-state index is 12.1. The van der Waals surface area contributed by atoms with Crippen LogP contribution in [0.25, 0.3) is 11.1 Å². The number of hydrogen-bond acceptors (Lipinski definition) is 1. The standard InChI is InChI=1S/C13H9N5O/c14-17-11-8-4-7-10(12(11)18-15)13(19)16-9-5-2-1-3-6-9/h1-8H,(H,16,19). The first-order valence-electron chi connectivity index (χ1n) is 5.46. The Hall–Kier alpha value is -3.07. The third kappa shape index (κ3) is 2.61. The third-order valence-electron chi connectivity index (χ3n) is 2.50. The average molecular weight is 251 g/mol. The van der Waals surface area contributed by atoms with Gasteiger partial charge in [0.25, 0.3) is 5.91 Å². The zero-order valence-corrected chi connectivity index (χ0v) is 9.82. The Morgan fingerprint density at radius 2 is 1.84 bits per heavy atom.